The largest absolute Gasteiger partial charge is 0.497 e. The molecule has 22 heavy (non-hydrogen) atoms. The van der Waals surface area contributed by atoms with Crippen molar-refractivity contribution in [2.75, 3.05) is 18.7 Å². The molecule has 0 aliphatic carbocycles. The highest BCUT2D eigenvalue weighted by Gasteiger charge is 2.43. The molecular formula is C15H19N3O4. The number of hydrogen-bond acceptors (Lipinski definition) is 5. The van der Waals surface area contributed by atoms with E-state index in [0.29, 0.717) is 12.8 Å². The van der Waals surface area contributed by atoms with Crippen LogP contribution in [0.15, 0.2) is 23.5 Å². The molecule has 2 heterocycles. The van der Waals surface area contributed by atoms with Gasteiger partial charge in [-0.05, 0) is 49.6 Å². The number of anilines is 1. The van der Waals surface area contributed by atoms with Crippen LogP contribution in [0.3, 0.4) is 0 Å². The molecule has 3 unspecified atom stereocenters. The third kappa shape index (κ3) is 2.41. The summed E-state index contributed by atoms with van der Waals surface area (Å²) in [6, 6.07) is 4.89. The van der Waals surface area contributed by atoms with Crippen molar-refractivity contribution in [3.05, 3.63) is 28.7 Å². The van der Waals surface area contributed by atoms with E-state index in [9.17, 15) is 14.8 Å². The zero-order chi connectivity index (χ0) is 15.7. The van der Waals surface area contributed by atoms with E-state index in [-0.39, 0.29) is 12.1 Å². The van der Waals surface area contributed by atoms with Gasteiger partial charge >= 0.3 is 5.97 Å². The summed E-state index contributed by atoms with van der Waals surface area (Å²) in [6.07, 6.45) is 2.03. The van der Waals surface area contributed by atoms with Crippen molar-refractivity contribution in [3.8, 4) is 5.75 Å². The lowest BCUT2D eigenvalue weighted by atomic mass is 9.85. The Labute approximate surface area is 128 Å². The molecule has 7 nitrogen and oxygen atoms in total. The number of aliphatic carboxylic acids is 1. The van der Waals surface area contributed by atoms with E-state index >= 15 is 0 Å². The van der Waals surface area contributed by atoms with E-state index in [1.807, 2.05) is 6.07 Å². The zero-order valence-electron chi connectivity index (χ0n) is 12.4. The Morgan fingerprint density at radius 1 is 1.50 bits per heavy atom. The Balaban J connectivity index is 1.91. The van der Waals surface area contributed by atoms with Gasteiger partial charge in [-0.3, -0.25) is 4.79 Å². The second kappa shape index (κ2) is 5.92. The number of nitrogens with one attached hydrogen (secondary N) is 1. The first-order valence-electron chi connectivity index (χ1n) is 7.41. The predicted molar refractivity (Wildman–Crippen MR) is 80.9 cm³/mol. The lowest BCUT2D eigenvalue weighted by Gasteiger charge is -2.36. The van der Waals surface area contributed by atoms with Crippen molar-refractivity contribution in [1.82, 2.24) is 5.32 Å². The number of nitrogens with zero attached hydrogens (tertiary/aromatic N) is 2. The fourth-order valence-electron chi connectivity index (χ4n) is 3.54. The first-order valence-corrected chi connectivity index (χ1v) is 7.41. The van der Waals surface area contributed by atoms with Gasteiger partial charge in [-0.1, -0.05) is 0 Å². The van der Waals surface area contributed by atoms with Crippen LogP contribution in [0.1, 0.15) is 18.4 Å². The van der Waals surface area contributed by atoms with Gasteiger partial charge in [0.1, 0.15) is 5.75 Å². The van der Waals surface area contributed by atoms with Gasteiger partial charge in [0.15, 0.2) is 0 Å². The maximum Gasteiger partial charge on any atom is 0.308 e. The van der Waals surface area contributed by atoms with Gasteiger partial charge in [0, 0.05) is 6.04 Å². The summed E-state index contributed by atoms with van der Waals surface area (Å²) in [5.41, 5.74) is 1.69. The number of fused-ring (bicyclic) bond motifs is 1. The van der Waals surface area contributed by atoms with Gasteiger partial charge < -0.3 is 15.2 Å². The van der Waals surface area contributed by atoms with E-state index in [0.717, 1.165) is 30.0 Å². The number of carbonyl (C=O) groups is 1. The molecule has 0 saturated carbocycles. The maximum absolute atomic E-state index is 11.5. The molecule has 1 saturated heterocycles. The number of carboxylic acid groups (broad SMARTS) is 1. The van der Waals surface area contributed by atoms with Crippen molar-refractivity contribution in [2.24, 2.45) is 11.2 Å². The van der Waals surface area contributed by atoms with Crippen LogP contribution in [0.2, 0.25) is 0 Å². The zero-order valence-corrected chi connectivity index (χ0v) is 12.4. The van der Waals surface area contributed by atoms with Crippen LogP contribution in [-0.4, -0.2) is 36.8 Å². The summed E-state index contributed by atoms with van der Waals surface area (Å²) < 4.78 is 5.21. The van der Waals surface area contributed by atoms with Crippen LogP contribution in [0.25, 0.3) is 0 Å². The number of nitroso groups, excluding NO2 is 1. The molecule has 3 atom stereocenters. The molecule has 2 N–H and O–H groups in total. The van der Waals surface area contributed by atoms with Crippen LogP contribution in [0.4, 0.5) is 5.69 Å². The molecule has 3 rings (SSSR count). The molecule has 2 aliphatic rings. The Kier molecular flexibility index (Phi) is 3.98. The summed E-state index contributed by atoms with van der Waals surface area (Å²) in [5.74, 6) is -0.604. The fraction of sp³-hybridized carbons (Fsp3) is 0.533. The third-order valence-electron chi connectivity index (χ3n) is 4.60. The second-order valence-electron chi connectivity index (χ2n) is 5.76. The van der Waals surface area contributed by atoms with Crippen molar-refractivity contribution >= 4 is 11.7 Å². The van der Waals surface area contributed by atoms with Crippen LogP contribution < -0.4 is 15.1 Å². The predicted octanol–water partition coefficient (Wildman–Crippen LogP) is 1.56. The van der Waals surface area contributed by atoms with Gasteiger partial charge in [0.2, 0.25) is 0 Å². The topological polar surface area (TPSA) is 91.2 Å². The average molecular weight is 305 g/mol. The molecule has 0 radical (unpaired) electrons. The van der Waals surface area contributed by atoms with Crippen molar-refractivity contribution < 1.29 is 14.6 Å². The number of rotatable bonds is 4. The minimum Gasteiger partial charge on any atom is -0.497 e. The number of ether oxygens (including phenoxy) is 1. The van der Waals surface area contributed by atoms with Gasteiger partial charge in [-0.25, -0.2) is 5.01 Å². The Hall–Kier alpha value is -2.15. The number of piperidine rings is 1. The minimum absolute atomic E-state index is 0.277. The average Bonchev–Trinajstić information content (AvgIpc) is 2.92. The van der Waals surface area contributed by atoms with Gasteiger partial charge in [0.05, 0.1) is 30.0 Å². The van der Waals surface area contributed by atoms with E-state index in [4.69, 9.17) is 4.74 Å². The summed E-state index contributed by atoms with van der Waals surface area (Å²) in [6.45, 7) is 0.761. The first-order chi connectivity index (χ1) is 10.7. The molecule has 0 spiro atoms. The molecule has 2 aliphatic heterocycles. The van der Waals surface area contributed by atoms with Gasteiger partial charge in [-0.15, -0.1) is 4.91 Å². The van der Waals surface area contributed by atoms with Crippen molar-refractivity contribution in [1.29, 1.82) is 0 Å². The van der Waals surface area contributed by atoms with Gasteiger partial charge in [0.25, 0.3) is 0 Å². The Bertz CT molecular complexity index is 592. The molecular weight excluding hydrogens is 286 g/mol. The van der Waals surface area contributed by atoms with Crippen molar-refractivity contribution in [3.63, 3.8) is 0 Å². The molecule has 0 bridgehead atoms. The molecule has 1 aromatic carbocycles. The smallest absolute Gasteiger partial charge is 0.308 e. The molecule has 0 amide bonds. The van der Waals surface area contributed by atoms with Crippen LogP contribution in [0.5, 0.6) is 5.75 Å². The molecule has 0 aromatic heterocycles. The third-order valence-corrected chi connectivity index (χ3v) is 4.60. The highest BCUT2D eigenvalue weighted by molar-refractivity contribution is 5.72. The van der Waals surface area contributed by atoms with Gasteiger partial charge in [-0.2, -0.15) is 0 Å². The number of hydrogen-bond donors (Lipinski definition) is 2. The van der Waals surface area contributed by atoms with Crippen LogP contribution >= 0.6 is 0 Å². The Morgan fingerprint density at radius 2 is 2.32 bits per heavy atom. The number of benzene rings is 1. The summed E-state index contributed by atoms with van der Waals surface area (Å²) in [4.78, 5) is 22.8. The molecule has 1 aromatic rings. The summed E-state index contributed by atoms with van der Waals surface area (Å²) in [7, 11) is 1.59. The van der Waals surface area contributed by atoms with Crippen molar-refractivity contribution in [2.45, 2.75) is 31.3 Å². The molecule has 118 valence electrons. The number of carboxylic acids is 1. The summed E-state index contributed by atoms with van der Waals surface area (Å²) in [5, 5.41) is 17.3. The molecule has 7 heteroatoms. The van der Waals surface area contributed by atoms with Crippen LogP contribution in [0, 0.1) is 10.8 Å². The monoisotopic (exact) mass is 305 g/mol. The second-order valence-corrected chi connectivity index (χ2v) is 5.76. The maximum atomic E-state index is 11.5. The highest BCUT2D eigenvalue weighted by Crippen LogP contribution is 2.38. The lowest BCUT2D eigenvalue weighted by Crippen LogP contribution is -2.55. The van der Waals surface area contributed by atoms with E-state index in [1.165, 1.54) is 5.01 Å². The van der Waals surface area contributed by atoms with E-state index in [2.05, 4.69) is 10.6 Å². The highest BCUT2D eigenvalue weighted by atomic mass is 16.5. The quantitative estimate of drug-likeness (QED) is 0.820. The fourth-order valence-corrected chi connectivity index (χ4v) is 3.54. The SMILES string of the molecule is COc1ccc2c(c1)CC(C1NCCCC1C(=O)O)N2N=O. The Morgan fingerprint density at radius 3 is 3.00 bits per heavy atom. The lowest BCUT2D eigenvalue weighted by molar-refractivity contribution is -0.143. The minimum atomic E-state index is -0.823. The molecule has 1 fully saturated rings. The normalized spacial score (nSPS) is 27.3. The first kappa shape index (κ1) is 14.8. The summed E-state index contributed by atoms with van der Waals surface area (Å²) >= 11 is 0. The van der Waals surface area contributed by atoms with E-state index < -0.39 is 11.9 Å². The standard InChI is InChI=1S/C15H19N3O4/c1-22-10-4-5-12-9(7-10)8-13(18(12)17-21)14-11(15(19)20)3-2-6-16-14/h4-5,7,11,13-14,16H,2-3,6,8H2,1H3,(H,19,20). The van der Waals surface area contributed by atoms with E-state index in [1.54, 1.807) is 19.2 Å². The number of methoxy groups -OCH3 is 1. The van der Waals surface area contributed by atoms with Crippen LogP contribution in [-0.2, 0) is 11.2 Å².